The van der Waals surface area contributed by atoms with Crippen LogP contribution in [0.15, 0.2) is 41.8 Å². The number of thioether (sulfide) groups is 1. The summed E-state index contributed by atoms with van der Waals surface area (Å²) in [7, 11) is 0. The van der Waals surface area contributed by atoms with E-state index in [1.165, 1.54) is 5.56 Å². The van der Waals surface area contributed by atoms with Crippen molar-refractivity contribution < 1.29 is 4.74 Å². The zero-order valence-electron chi connectivity index (χ0n) is 10.6. The first-order valence-corrected chi connectivity index (χ1v) is 7.15. The van der Waals surface area contributed by atoms with Crippen molar-refractivity contribution in [3.63, 3.8) is 0 Å². The molecular formula is C14H18N2OS. The van der Waals surface area contributed by atoms with Gasteiger partial charge in [0.1, 0.15) is 5.75 Å². The largest absolute Gasteiger partial charge is 0.494 e. The zero-order chi connectivity index (χ0) is 12.6. The van der Waals surface area contributed by atoms with E-state index in [1.54, 1.807) is 18.0 Å². The Morgan fingerprint density at radius 1 is 1.22 bits per heavy atom. The van der Waals surface area contributed by atoms with Crippen molar-refractivity contribution in [2.24, 2.45) is 0 Å². The van der Waals surface area contributed by atoms with Crippen LogP contribution in [0.25, 0.3) is 0 Å². The molecule has 0 amide bonds. The van der Waals surface area contributed by atoms with Gasteiger partial charge in [0.05, 0.1) is 6.61 Å². The minimum atomic E-state index is 0.780. The number of H-pyrrole nitrogens is 1. The highest BCUT2D eigenvalue weighted by Gasteiger charge is 1.96. The number of ether oxygens (including phenoxy) is 1. The first-order valence-electron chi connectivity index (χ1n) is 6.16. The average Bonchev–Trinajstić information content (AvgIpc) is 2.89. The number of aromatic amines is 1. The fourth-order valence-electron chi connectivity index (χ4n) is 1.53. The van der Waals surface area contributed by atoms with Gasteiger partial charge in [-0.15, -0.1) is 0 Å². The van der Waals surface area contributed by atoms with E-state index in [0.29, 0.717) is 0 Å². The Balaban J connectivity index is 1.55. The Kier molecular flexibility index (Phi) is 5.15. The van der Waals surface area contributed by atoms with Crippen molar-refractivity contribution in [1.29, 1.82) is 0 Å². The molecule has 2 rings (SSSR count). The summed E-state index contributed by atoms with van der Waals surface area (Å²) in [4.78, 5) is 7.25. The number of nitrogens with one attached hydrogen (secondary N) is 1. The van der Waals surface area contributed by atoms with Crippen molar-refractivity contribution in [3.8, 4) is 5.75 Å². The number of nitrogens with zero attached hydrogens (tertiary/aromatic N) is 1. The number of rotatable bonds is 7. The Morgan fingerprint density at radius 3 is 2.78 bits per heavy atom. The van der Waals surface area contributed by atoms with Crippen LogP contribution in [0.1, 0.15) is 18.4 Å². The summed E-state index contributed by atoms with van der Waals surface area (Å²) >= 11 is 1.75. The molecule has 0 radical (unpaired) electrons. The van der Waals surface area contributed by atoms with E-state index in [-0.39, 0.29) is 0 Å². The third kappa shape index (κ3) is 4.45. The Bertz CT molecular complexity index is 439. The number of imidazole rings is 1. The minimum absolute atomic E-state index is 0.780. The molecule has 0 aliphatic heterocycles. The van der Waals surface area contributed by atoms with Crippen LogP contribution in [0.4, 0.5) is 0 Å². The zero-order valence-corrected chi connectivity index (χ0v) is 11.4. The monoisotopic (exact) mass is 262 g/mol. The second kappa shape index (κ2) is 7.11. The molecule has 1 aromatic carbocycles. The number of unbranched alkanes of at least 4 members (excludes halogenated alkanes) is 1. The van der Waals surface area contributed by atoms with E-state index in [2.05, 4.69) is 29.0 Å². The van der Waals surface area contributed by atoms with Crippen molar-refractivity contribution in [2.45, 2.75) is 24.9 Å². The lowest BCUT2D eigenvalue weighted by Crippen LogP contribution is -1.98. The van der Waals surface area contributed by atoms with Crippen LogP contribution < -0.4 is 4.74 Å². The lowest BCUT2D eigenvalue weighted by molar-refractivity contribution is 0.310. The molecule has 0 spiro atoms. The summed E-state index contributed by atoms with van der Waals surface area (Å²) in [6, 6.07) is 8.18. The molecule has 0 bridgehead atoms. The number of benzene rings is 1. The van der Waals surface area contributed by atoms with Gasteiger partial charge >= 0.3 is 0 Å². The van der Waals surface area contributed by atoms with Gasteiger partial charge in [0.15, 0.2) is 5.16 Å². The molecule has 96 valence electrons. The van der Waals surface area contributed by atoms with E-state index in [4.69, 9.17) is 4.74 Å². The van der Waals surface area contributed by atoms with E-state index in [1.807, 2.05) is 18.3 Å². The molecule has 0 saturated carbocycles. The predicted octanol–water partition coefficient (Wildman–Crippen LogP) is 3.67. The highest BCUT2D eigenvalue weighted by atomic mass is 32.2. The molecule has 2 aromatic rings. The average molecular weight is 262 g/mol. The minimum Gasteiger partial charge on any atom is -0.494 e. The van der Waals surface area contributed by atoms with Gasteiger partial charge < -0.3 is 9.72 Å². The normalized spacial score (nSPS) is 10.5. The number of hydrogen-bond donors (Lipinski definition) is 1. The highest BCUT2D eigenvalue weighted by Crippen LogP contribution is 2.15. The molecule has 0 fully saturated rings. The van der Waals surface area contributed by atoms with Gasteiger partial charge in [-0.05, 0) is 31.9 Å². The van der Waals surface area contributed by atoms with Crippen molar-refractivity contribution in [3.05, 3.63) is 42.2 Å². The van der Waals surface area contributed by atoms with Crippen molar-refractivity contribution >= 4 is 11.8 Å². The number of aromatic nitrogens is 2. The topological polar surface area (TPSA) is 37.9 Å². The molecule has 1 aromatic heterocycles. The maximum absolute atomic E-state index is 5.67. The molecule has 1 N–H and O–H groups in total. The van der Waals surface area contributed by atoms with Crippen LogP contribution >= 0.6 is 11.8 Å². The molecule has 0 aliphatic rings. The van der Waals surface area contributed by atoms with E-state index >= 15 is 0 Å². The van der Waals surface area contributed by atoms with Crippen LogP contribution in [-0.2, 0) is 0 Å². The first kappa shape index (κ1) is 13.0. The summed E-state index contributed by atoms with van der Waals surface area (Å²) in [6.45, 7) is 2.86. The smallest absolute Gasteiger partial charge is 0.165 e. The summed E-state index contributed by atoms with van der Waals surface area (Å²) in [5, 5.41) is 0.995. The highest BCUT2D eigenvalue weighted by molar-refractivity contribution is 7.99. The maximum atomic E-state index is 5.67. The first-order chi connectivity index (χ1) is 8.84. The molecule has 0 atom stereocenters. The van der Waals surface area contributed by atoms with Crippen LogP contribution in [0, 0.1) is 6.92 Å². The molecular weight excluding hydrogens is 244 g/mol. The van der Waals surface area contributed by atoms with Gasteiger partial charge in [-0.25, -0.2) is 4.98 Å². The summed E-state index contributed by atoms with van der Waals surface area (Å²) in [6.07, 6.45) is 5.84. The fraction of sp³-hybridized carbons (Fsp3) is 0.357. The maximum Gasteiger partial charge on any atom is 0.165 e. The SMILES string of the molecule is Cc1ccc(OCCCCSc2ncc[nH]2)cc1. The second-order valence-corrected chi connectivity index (χ2v) is 5.20. The molecule has 0 unspecified atom stereocenters. The summed E-state index contributed by atoms with van der Waals surface area (Å²) < 4.78 is 5.67. The van der Waals surface area contributed by atoms with Gasteiger partial charge in [0.25, 0.3) is 0 Å². The molecule has 4 heteroatoms. The van der Waals surface area contributed by atoms with Gasteiger partial charge in [0.2, 0.25) is 0 Å². The lowest BCUT2D eigenvalue weighted by Gasteiger charge is -2.05. The van der Waals surface area contributed by atoms with E-state index in [9.17, 15) is 0 Å². The van der Waals surface area contributed by atoms with E-state index in [0.717, 1.165) is 36.1 Å². The van der Waals surface area contributed by atoms with Gasteiger partial charge in [-0.2, -0.15) is 0 Å². The quantitative estimate of drug-likeness (QED) is 0.611. The number of hydrogen-bond acceptors (Lipinski definition) is 3. The Labute approximate surface area is 112 Å². The van der Waals surface area contributed by atoms with Gasteiger partial charge in [0, 0.05) is 18.1 Å². The Hall–Kier alpha value is -1.42. The van der Waals surface area contributed by atoms with Gasteiger partial charge in [-0.3, -0.25) is 0 Å². The lowest BCUT2D eigenvalue weighted by atomic mass is 10.2. The van der Waals surface area contributed by atoms with Crippen LogP contribution in [0.3, 0.4) is 0 Å². The van der Waals surface area contributed by atoms with E-state index < -0.39 is 0 Å². The summed E-state index contributed by atoms with van der Waals surface area (Å²) in [5.41, 5.74) is 1.26. The second-order valence-electron chi connectivity index (χ2n) is 4.11. The standard InChI is InChI=1S/C14H18N2OS/c1-12-4-6-13(7-5-12)17-10-2-3-11-18-14-15-8-9-16-14/h4-9H,2-3,10-11H2,1H3,(H,15,16). The van der Waals surface area contributed by atoms with Crippen molar-refractivity contribution in [1.82, 2.24) is 9.97 Å². The molecule has 0 aliphatic carbocycles. The molecule has 1 heterocycles. The third-order valence-electron chi connectivity index (χ3n) is 2.54. The number of aryl methyl sites for hydroxylation is 1. The third-order valence-corrected chi connectivity index (χ3v) is 3.53. The predicted molar refractivity (Wildman–Crippen MR) is 75.2 cm³/mol. The molecule has 3 nitrogen and oxygen atoms in total. The molecule has 18 heavy (non-hydrogen) atoms. The fourth-order valence-corrected chi connectivity index (χ4v) is 2.36. The van der Waals surface area contributed by atoms with Gasteiger partial charge in [-0.1, -0.05) is 29.5 Å². The molecule has 0 saturated heterocycles. The summed E-state index contributed by atoms with van der Waals surface area (Å²) in [5.74, 6) is 2.03. The Morgan fingerprint density at radius 2 is 2.06 bits per heavy atom. The van der Waals surface area contributed by atoms with Crippen LogP contribution in [0.2, 0.25) is 0 Å². The van der Waals surface area contributed by atoms with Crippen LogP contribution in [0.5, 0.6) is 5.75 Å². The van der Waals surface area contributed by atoms with Crippen molar-refractivity contribution in [2.75, 3.05) is 12.4 Å². The van der Waals surface area contributed by atoms with Crippen LogP contribution in [-0.4, -0.2) is 22.3 Å².